The minimum atomic E-state index is -0.603. The highest BCUT2D eigenvalue weighted by Gasteiger charge is 2.21. The van der Waals surface area contributed by atoms with E-state index in [2.05, 4.69) is 15.5 Å². The highest BCUT2D eigenvalue weighted by atomic mass is 32.1. The number of ether oxygens (including phenoxy) is 2. The Kier molecular flexibility index (Phi) is 6.26. The fourth-order valence-electron chi connectivity index (χ4n) is 2.62. The summed E-state index contributed by atoms with van der Waals surface area (Å²) in [4.78, 5) is 12.7. The van der Waals surface area contributed by atoms with E-state index in [-0.39, 0.29) is 5.91 Å². The van der Waals surface area contributed by atoms with Crippen LogP contribution >= 0.6 is 11.3 Å². The Bertz CT molecular complexity index is 954. The molecule has 0 saturated heterocycles. The summed E-state index contributed by atoms with van der Waals surface area (Å²) in [5.74, 6) is 1.26. The fraction of sp³-hybridized carbons (Fsp3) is 0.286. The van der Waals surface area contributed by atoms with Crippen LogP contribution in [0.5, 0.6) is 11.5 Å². The van der Waals surface area contributed by atoms with Crippen molar-refractivity contribution in [2.75, 3.05) is 12.4 Å². The van der Waals surface area contributed by atoms with Crippen LogP contribution in [0.15, 0.2) is 42.5 Å². The largest absolute Gasteiger partial charge is 0.497 e. The zero-order chi connectivity index (χ0) is 20.1. The number of nitrogens with zero attached hydrogens (tertiary/aromatic N) is 2. The van der Waals surface area contributed by atoms with E-state index in [0.717, 1.165) is 33.2 Å². The van der Waals surface area contributed by atoms with E-state index in [9.17, 15) is 4.79 Å². The maximum Gasteiger partial charge on any atom is 0.267 e. The molecule has 146 valence electrons. The summed E-state index contributed by atoms with van der Waals surface area (Å²) >= 11 is 1.32. The number of benzene rings is 2. The predicted octanol–water partition coefficient (Wildman–Crippen LogP) is 4.63. The molecule has 7 heteroatoms. The number of carbonyl (C=O) groups excluding carboxylic acids is 1. The first-order valence-corrected chi connectivity index (χ1v) is 9.84. The molecule has 1 unspecified atom stereocenters. The van der Waals surface area contributed by atoms with Crippen molar-refractivity contribution in [3.05, 3.63) is 53.6 Å². The van der Waals surface area contributed by atoms with Gasteiger partial charge in [0.05, 0.1) is 7.11 Å². The summed E-state index contributed by atoms with van der Waals surface area (Å²) in [7, 11) is 1.62. The quantitative estimate of drug-likeness (QED) is 0.629. The number of rotatable bonds is 7. The second-order valence-corrected chi connectivity index (χ2v) is 7.39. The van der Waals surface area contributed by atoms with Crippen LogP contribution in [0.2, 0.25) is 0 Å². The van der Waals surface area contributed by atoms with E-state index in [1.807, 2.05) is 63.2 Å². The van der Waals surface area contributed by atoms with Crippen LogP contribution in [-0.4, -0.2) is 29.3 Å². The van der Waals surface area contributed by atoms with Crippen LogP contribution in [-0.2, 0) is 4.79 Å². The Hall–Kier alpha value is -2.93. The van der Waals surface area contributed by atoms with Gasteiger partial charge < -0.3 is 9.47 Å². The van der Waals surface area contributed by atoms with E-state index < -0.39 is 6.10 Å². The molecule has 2 aromatic carbocycles. The van der Waals surface area contributed by atoms with Gasteiger partial charge in [0.25, 0.3) is 5.91 Å². The van der Waals surface area contributed by atoms with E-state index in [1.165, 1.54) is 11.3 Å². The predicted molar refractivity (Wildman–Crippen MR) is 111 cm³/mol. The average Bonchev–Trinajstić information content (AvgIpc) is 3.17. The van der Waals surface area contributed by atoms with Crippen molar-refractivity contribution in [1.82, 2.24) is 10.2 Å². The summed E-state index contributed by atoms with van der Waals surface area (Å²) in [6, 6.07) is 13.5. The van der Waals surface area contributed by atoms with Crippen molar-refractivity contribution < 1.29 is 14.3 Å². The molecule has 0 spiro atoms. The molecule has 0 bridgehead atoms. The number of anilines is 1. The molecule has 0 radical (unpaired) electrons. The molecule has 1 amide bonds. The van der Waals surface area contributed by atoms with Crippen molar-refractivity contribution in [3.8, 4) is 22.1 Å². The lowest BCUT2D eigenvalue weighted by atomic mass is 10.1. The minimum Gasteiger partial charge on any atom is -0.497 e. The Labute approximate surface area is 168 Å². The lowest BCUT2D eigenvalue weighted by Gasteiger charge is -2.18. The molecule has 1 heterocycles. The van der Waals surface area contributed by atoms with Gasteiger partial charge in [-0.15, -0.1) is 10.2 Å². The molecule has 0 aliphatic heterocycles. The van der Waals surface area contributed by atoms with Gasteiger partial charge in [0.1, 0.15) is 16.5 Å². The molecule has 28 heavy (non-hydrogen) atoms. The van der Waals surface area contributed by atoms with Gasteiger partial charge in [-0.2, -0.15) is 0 Å². The number of aryl methyl sites for hydroxylation is 2. The Morgan fingerprint density at radius 3 is 2.57 bits per heavy atom. The number of hydrogen-bond acceptors (Lipinski definition) is 6. The van der Waals surface area contributed by atoms with E-state index >= 15 is 0 Å². The molecule has 6 nitrogen and oxygen atoms in total. The first-order valence-electron chi connectivity index (χ1n) is 9.03. The van der Waals surface area contributed by atoms with Crippen molar-refractivity contribution in [3.63, 3.8) is 0 Å². The highest BCUT2D eigenvalue weighted by Crippen LogP contribution is 2.28. The summed E-state index contributed by atoms with van der Waals surface area (Å²) in [5.41, 5.74) is 3.00. The number of nitrogens with one attached hydrogen (secondary N) is 1. The molecular formula is C21H23N3O3S. The van der Waals surface area contributed by atoms with Crippen molar-refractivity contribution >= 4 is 22.4 Å². The number of amides is 1. The molecule has 1 aromatic heterocycles. The van der Waals surface area contributed by atoms with Crippen LogP contribution < -0.4 is 14.8 Å². The molecular weight excluding hydrogens is 374 g/mol. The van der Waals surface area contributed by atoms with Crippen LogP contribution in [0, 0.1) is 13.8 Å². The Morgan fingerprint density at radius 1 is 1.14 bits per heavy atom. The first-order chi connectivity index (χ1) is 13.5. The normalized spacial score (nSPS) is 11.7. The lowest BCUT2D eigenvalue weighted by Crippen LogP contribution is -2.32. The second-order valence-electron chi connectivity index (χ2n) is 6.41. The molecule has 1 N–H and O–H groups in total. The maximum absolute atomic E-state index is 12.7. The maximum atomic E-state index is 12.7. The number of hydrogen-bond donors (Lipinski definition) is 1. The second kappa shape index (κ2) is 8.84. The number of methoxy groups -OCH3 is 1. The molecule has 0 saturated carbocycles. The SMILES string of the molecule is CCC(Oc1cc(C)ccc1C)C(=O)Nc1nnc(-c2ccc(OC)cc2)s1. The monoisotopic (exact) mass is 397 g/mol. The van der Waals surface area contributed by atoms with Gasteiger partial charge in [-0.05, 0) is 61.7 Å². The highest BCUT2D eigenvalue weighted by molar-refractivity contribution is 7.18. The molecule has 3 rings (SSSR count). The van der Waals surface area contributed by atoms with E-state index in [1.54, 1.807) is 7.11 Å². The van der Waals surface area contributed by atoms with Gasteiger partial charge in [-0.3, -0.25) is 10.1 Å². The third-order valence-corrected chi connectivity index (χ3v) is 5.16. The molecule has 1 atom stereocenters. The van der Waals surface area contributed by atoms with Crippen molar-refractivity contribution in [2.45, 2.75) is 33.3 Å². The van der Waals surface area contributed by atoms with Crippen molar-refractivity contribution in [2.24, 2.45) is 0 Å². The third kappa shape index (κ3) is 4.67. The topological polar surface area (TPSA) is 73.3 Å². The van der Waals surface area contributed by atoms with Crippen LogP contribution in [0.4, 0.5) is 5.13 Å². The Balaban J connectivity index is 1.69. The van der Waals surface area contributed by atoms with E-state index in [4.69, 9.17) is 9.47 Å². The zero-order valence-corrected chi connectivity index (χ0v) is 17.2. The summed E-state index contributed by atoms with van der Waals surface area (Å²) < 4.78 is 11.1. The fourth-order valence-corrected chi connectivity index (χ4v) is 3.37. The van der Waals surface area contributed by atoms with Gasteiger partial charge in [0, 0.05) is 5.56 Å². The first kappa shape index (κ1) is 19.8. The van der Waals surface area contributed by atoms with Crippen LogP contribution in [0.25, 0.3) is 10.6 Å². The summed E-state index contributed by atoms with van der Waals surface area (Å²) in [5, 5.41) is 12.2. The smallest absolute Gasteiger partial charge is 0.267 e. The summed E-state index contributed by atoms with van der Waals surface area (Å²) in [6.07, 6.45) is -0.0579. The lowest BCUT2D eigenvalue weighted by molar-refractivity contribution is -0.122. The average molecular weight is 398 g/mol. The van der Waals surface area contributed by atoms with Gasteiger partial charge in [0.2, 0.25) is 5.13 Å². The number of aromatic nitrogens is 2. The Morgan fingerprint density at radius 2 is 1.89 bits per heavy atom. The molecule has 0 aliphatic rings. The van der Waals surface area contributed by atoms with E-state index in [0.29, 0.717) is 11.6 Å². The molecule has 3 aromatic rings. The summed E-state index contributed by atoms with van der Waals surface area (Å²) in [6.45, 7) is 5.87. The third-order valence-electron chi connectivity index (χ3n) is 4.27. The van der Waals surface area contributed by atoms with Crippen LogP contribution in [0.3, 0.4) is 0 Å². The molecule has 0 aliphatic carbocycles. The van der Waals surface area contributed by atoms with Gasteiger partial charge in [-0.25, -0.2) is 0 Å². The van der Waals surface area contributed by atoms with Gasteiger partial charge in [-0.1, -0.05) is 30.4 Å². The standard InChI is InChI=1S/C21H23N3O3S/c1-5-17(27-18-12-13(2)6-7-14(18)3)19(25)22-21-24-23-20(28-21)15-8-10-16(26-4)11-9-15/h6-12,17H,5H2,1-4H3,(H,22,24,25). The van der Waals surface area contributed by atoms with Crippen molar-refractivity contribution in [1.29, 1.82) is 0 Å². The van der Waals surface area contributed by atoms with Crippen LogP contribution in [0.1, 0.15) is 24.5 Å². The zero-order valence-electron chi connectivity index (χ0n) is 16.4. The van der Waals surface area contributed by atoms with Gasteiger partial charge in [0.15, 0.2) is 6.10 Å². The minimum absolute atomic E-state index is 0.235. The number of carbonyl (C=O) groups is 1. The molecule has 0 fully saturated rings. The van der Waals surface area contributed by atoms with Gasteiger partial charge >= 0.3 is 0 Å².